The zero-order chi connectivity index (χ0) is 16.6. The van der Waals surface area contributed by atoms with Crippen LogP contribution < -0.4 is 4.74 Å². The van der Waals surface area contributed by atoms with Gasteiger partial charge in [0.15, 0.2) is 0 Å². The van der Waals surface area contributed by atoms with Crippen LogP contribution in [0.5, 0.6) is 5.75 Å². The topological polar surface area (TPSA) is 32.7 Å². The minimum atomic E-state index is 0.0431. The Hall–Kier alpha value is -1.84. The number of hydrogen-bond acceptors (Lipinski definition) is 3. The van der Waals surface area contributed by atoms with Gasteiger partial charge in [0.2, 0.25) is 0 Å². The first kappa shape index (κ1) is 17.0. The van der Waals surface area contributed by atoms with Crippen molar-refractivity contribution in [2.75, 3.05) is 26.3 Å². The molecule has 0 saturated carbocycles. The lowest BCUT2D eigenvalue weighted by Gasteiger charge is -2.35. The maximum Gasteiger partial charge on any atom is 0.124 e. The minimum Gasteiger partial charge on any atom is -0.491 e. The van der Waals surface area contributed by atoms with Gasteiger partial charge >= 0.3 is 0 Å². The van der Waals surface area contributed by atoms with E-state index in [2.05, 4.69) is 47.4 Å². The van der Waals surface area contributed by atoms with Gasteiger partial charge in [0.05, 0.1) is 6.61 Å². The first-order valence-electron chi connectivity index (χ1n) is 8.99. The molecule has 1 atom stereocenters. The van der Waals surface area contributed by atoms with Gasteiger partial charge < -0.3 is 9.84 Å². The first-order chi connectivity index (χ1) is 11.9. The lowest BCUT2D eigenvalue weighted by molar-refractivity contribution is 0.154. The van der Waals surface area contributed by atoms with Crippen molar-refractivity contribution in [2.24, 2.45) is 0 Å². The lowest BCUT2D eigenvalue weighted by Crippen LogP contribution is -2.35. The van der Waals surface area contributed by atoms with Crippen molar-refractivity contribution in [1.82, 2.24) is 4.90 Å². The normalized spacial score (nSPS) is 16.7. The Kier molecular flexibility index (Phi) is 6.27. The molecule has 1 aliphatic heterocycles. The third-order valence-electron chi connectivity index (χ3n) is 4.73. The molecule has 3 nitrogen and oxygen atoms in total. The number of piperidine rings is 1. The molecule has 1 saturated heterocycles. The van der Waals surface area contributed by atoms with Crippen LogP contribution in [0.3, 0.4) is 0 Å². The molecule has 2 aromatic carbocycles. The minimum absolute atomic E-state index is 0.0431. The van der Waals surface area contributed by atoms with E-state index in [9.17, 15) is 0 Å². The number of benzene rings is 2. The van der Waals surface area contributed by atoms with Gasteiger partial charge in [-0.2, -0.15) is 0 Å². The average Bonchev–Trinajstić information content (AvgIpc) is 2.66. The maximum absolute atomic E-state index is 9.11. The highest BCUT2D eigenvalue weighted by molar-refractivity contribution is 5.37. The van der Waals surface area contributed by atoms with Crippen molar-refractivity contribution in [2.45, 2.75) is 31.7 Å². The van der Waals surface area contributed by atoms with E-state index in [1.807, 2.05) is 12.1 Å². The molecular weight excluding hydrogens is 298 g/mol. The molecule has 3 rings (SSSR count). The van der Waals surface area contributed by atoms with Crippen LogP contribution in [0.1, 0.15) is 36.4 Å². The zero-order valence-electron chi connectivity index (χ0n) is 14.2. The Morgan fingerprint density at radius 3 is 2.38 bits per heavy atom. The van der Waals surface area contributed by atoms with E-state index in [1.54, 1.807) is 0 Å². The number of likely N-dealkylation sites (tertiary alicyclic amines) is 1. The highest BCUT2D eigenvalue weighted by Gasteiger charge is 2.25. The van der Waals surface area contributed by atoms with Crippen LogP contribution in [0.15, 0.2) is 54.6 Å². The third kappa shape index (κ3) is 4.37. The summed E-state index contributed by atoms with van der Waals surface area (Å²) in [6.45, 7) is 2.67. The Bertz CT molecular complexity index is 608. The van der Waals surface area contributed by atoms with Crippen LogP contribution in [-0.2, 0) is 6.42 Å². The number of aliphatic hydroxyl groups excluding tert-OH is 1. The van der Waals surface area contributed by atoms with Gasteiger partial charge in [-0.25, -0.2) is 0 Å². The summed E-state index contributed by atoms with van der Waals surface area (Å²) in [5, 5.41) is 9.11. The van der Waals surface area contributed by atoms with Crippen molar-refractivity contribution in [3.63, 3.8) is 0 Å². The molecular formula is C21H27NO2. The Balaban J connectivity index is 1.88. The van der Waals surface area contributed by atoms with Gasteiger partial charge in [0.25, 0.3) is 0 Å². The van der Waals surface area contributed by atoms with Crippen LogP contribution in [-0.4, -0.2) is 36.3 Å². The second-order valence-corrected chi connectivity index (χ2v) is 6.41. The van der Waals surface area contributed by atoms with Crippen molar-refractivity contribution in [3.05, 3.63) is 65.7 Å². The average molecular weight is 325 g/mol. The van der Waals surface area contributed by atoms with Crippen molar-refractivity contribution in [3.8, 4) is 5.75 Å². The van der Waals surface area contributed by atoms with Crippen LogP contribution in [0.25, 0.3) is 0 Å². The quantitative estimate of drug-likeness (QED) is 0.840. The molecule has 1 heterocycles. The summed E-state index contributed by atoms with van der Waals surface area (Å²) < 4.78 is 5.82. The van der Waals surface area contributed by atoms with Crippen LogP contribution in [0.4, 0.5) is 0 Å². The molecule has 128 valence electrons. The molecule has 0 bridgehead atoms. The van der Waals surface area contributed by atoms with Gasteiger partial charge in [0, 0.05) is 11.6 Å². The fraction of sp³-hybridized carbons (Fsp3) is 0.429. The first-order valence-corrected chi connectivity index (χ1v) is 8.99. The number of nitrogens with zero attached hydrogens (tertiary/aromatic N) is 1. The number of ether oxygens (including phenoxy) is 1. The Labute approximate surface area is 144 Å². The van der Waals surface area contributed by atoms with Gasteiger partial charge in [-0.15, -0.1) is 0 Å². The molecule has 0 aliphatic carbocycles. The van der Waals surface area contributed by atoms with Gasteiger partial charge in [-0.3, -0.25) is 4.90 Å². The van der Waals surface area contributed by atoms with E-state index in [1.165, 1.54) is 30.4 Å². The van der Waals surface area contributed by atoms with E-state index in [-0.39, 0.29) is 6.61 Å². The number of rotatable bonds is 7. The molecule has 0 amide bonds. The van der Waals surface area contributed by atoms with E-state index in [4.69, 9.17) is 9.84 Å². The second kappa shape index (κ2) is 8.86. The summed E-state index contributed by atoms with van der Waals surface area (Å²) in [6, 6.07) is 19.3. The molecule has 24 heavy (non-hydrogen) atoms. The standard InChI is InChI=1S/C21H27NO2/c23-15-16-24-21-12-6-5-11-19(21)20(22-13-7-2-8-14-22)17-18-9-3-1-4-10-18/h1,3-6,9-12,20,23H,2,7-8,13-17H2/t20-/m0/s1. The molecule has 0 unspecified atom stereocenters. The molecule has 3 heteroatoms. The van der Waals surface area contributed by atoms with Gasteiger partial charge in [0.1, 0.15) is 12.4 Å². The fourth-order valence-electron chi connectivity index (χ4n) is 3.55. The maximum atomic E-state index is 9.11. The predicted octanol–water partition coefficient (Wildman–Crippen LogP) is 3.83. The molecule has 1 N–H and O–H groups in total. The van der Waals surface area contributed by atoms with E-state index in [0.717, 1.165) is 25.3 Å². The molecule has 0 spiro atoms. The molecule has 2 aromatic rings. The zero-order valence-corrected chi connectivity index (χ0v) is 14.2. The molecule has 0 radical (unpaired) electrons. The Morgan fingerprint density at radius 2 is 1.62 bits per heavy atom. The van der Waals surface area contributed by atoms with E-state index in [0.29, 0.717) is 12.6 Å². The summed E-state index contributed by atoms with van der Waals surface area (Å²) in [5.41, 5.74) is 2.58. The van der Waals surface area contributed by atoms with Crippen molar-refractivity contribution in [1.29, 1.82) is 0 Å². The fourth-order valence-corrected chi connectivity index (χ4v) is 3.55. The van der Waals surface area contributed by atoms with Crippen LogP contribution >= 0.6 is 0 Å². The largest absolute Gasteiger partial charge is 0.491 e. The number of hydrogen-bond donors (Lipinski definition) is 1. The third-order valence-corrected chi connectivity index (χ3v) is 4.73. The summed E-state index contributed by atoms with van der Waals surface area (Å²) in [4.78, 5) is 2.59. The SMILES string of the molecule is OCCOc1ccccc1[C@H](Cc1ccccc1)N1CCCCC1. The number of para-hydroxylation sites is 1. The van der Waals surface area contributed by atoms with E-state index >= 15 is 0 Å². The van der Waals surface area contributed by atoms with Crippen LogP contribution in [0, 0.1) is 0 Å². The highest BCUT2D eigenvalue weighted by atomic mass is 16.5. The smallest absolute Gasteiger partial charge is 0.124 e. The molecule has 1 fully saturated rings. The summed E-state index contributed by atoms with van der Waals surface area (Å²) in [7, 11) is 0. The summed E-state index contributed by atoms with van der Waals surface area (Å²) in [5.74, 6) is 0.901. The van der Waals surface area contributed by atoms with Crippen LogP contribution in [0.2, 0.25) is 0 Å². The van der Waals surface area contributed by atoms with Crippen molar-refractivity contribution < 1.29 is 9.84 Å². The molecule has 1 aliphatic rings. The highest BCUT2D eigenvalue weighted by Crippen LogP contribution is 2.33. The number of aliphatic hydroxyl groups is 1. The summed E-state index contributed by atoms with van der Waals surface area (Å²) in [6.07, 6.45) is 4.85. The lowest BCUT2D eigenvalue weighted by atomic mass is 9.94. The monoisotopic (exact) mass is 325 g/mol. The second-order valence-electron chi connectivity index (χ2n) is 6.41. The van der Waals surface area contributed by atoms with Gasteiger partial charge in [-0.05, 0) is 44.0 Å². The Morgan fingerprint density at radius 1 is 0.917 bits per heavy atom. The molecule has 0 aromatic heterocycles. The predicted molar refractivity (Wildman–Crippen MR) is 97.3 cm³/mol. The van der Waals surface area contributed by atoms with Gasteiger partial charge in [-0.1, -0.05) is 55.0 Å². The van der Waals surface area contributed by atoms with E-state index < -0.39 is 0 Å². The van der Waals surface area contributed by atoms with Crippen molar-refractivity contribution >= 4 is 0 Å². The summed E-state index contributed by atoms with van der Waals surface area (Å²) >= 11 is 0.